The Kier molecular flexibility index (Phi) is 4.08. The molecule has 3 heterocycles. The molecular weight excluding hydrogens is 350 g/mol. The van der Waals surface area contributed by atoms with Crippen LogP contribution in [0.1, 0.15) is 31.4 Å². The Hall–Kier alpha value is -2.93. The van der Waals surface area contributed by atoms with Gasteiger partial charge in [0.25, 0.3) is 5.91 Å². The molecule has 1 unspecified atom stereocenters. The highest BCUT2D eigenvalue weighted by atomic mass is 32.1. The van der Waals surface area contributed by atoms with E-state index in [0.717, 1.165) is 11.1 Å². The first-order valence-corrected chi connectivity index (χ1v) is 9.31. The van der Waals surface area contributed by atoms with Crippen LogP contribution >= 0.6 is 11.3 Å². The number of hydrogen-bond donors (Lipinski definition) is 2. The van der Waals surface area contributed by atoms with Crippen LogP contribution in [0, 0.1) is 0 Å². The van der Waals surface area contributed by atoms with E-state index in [9.17, 15) is 14.7 Å². The molecule has 2 N–H and O–H groups in total. The maximum atomic E-state index is 12.8. The monoisotopic (exact) mass is 367 g/mol. The number of amides is 1. The van der Waals surface area contributed by atoms with Gasteiger partial charge in [-0.25, -0.2) is 4.98 Å². The summed E-state index contributed by atoms with van der Waals surface area (Å²) in [5, 5.41) is 14.3. The molecule has 4 rings (SSSR count). The molecule has 1 atom stereocenters. The zero-order chi connectivity index (χ0) is 18.3. The molecule has 2 aromatic heterocycles. The highest BCUT2D eigenvalue weighted by Gasteiger charge is 2.44. The lowest BCUT2D eigenvalue weighted by Gasteiger charge is -2.26. The first-order chi connectivity index (χ1) is 12.6. The van der Waals surface area contributed by atoms with Crippen molar-refractivity contribution in [1.82, 2.24) is 9.97 Å². The van der Waals surface area contributed by atoms with Gasteiger partial charge in [0.1, 0.15) is 0 Å². The second-order valence-electron chi connectivity index (χ2n) is 6.17. The smallest absolute Gasteiger partial charge is 0.294 e. The van der Waals surface area contributed by atoms with Gasteiger partial charge in [0.2, 0.25) is 0 Å². The van der Waals surface area contributed by atoms with Crippen molar-refractivity contribution < 1.29 is 14.7 Å². The van der Waals surface area contributed by atoms with Gasteiger partial charge in [0, 0.05) is 12.1 Å². The van der Waals surface area contributed by atoms with Crippen molar-refractivity contribution in [2.24, 2.45) is 0 Å². The molecule has 26 heavy (non-hydrogen) atoms. The zero-order valence-corrected chi connectivity index (χ0v) is 14.9. The van der Waals surface area contributed by atoms with Crippen molar-refractivity contribution in [1.29, 1.82) is 0 Å². The summed E-state index contributed by atoms with van der Waals surface area (Å²) in [5.74, 6) is -1.21. The third kappa shape index (κ3) is 2.52. The molecule has 0 fully saturated rings. The summed E-state index contributed by atoms with van der Waals surface area (Å²) in [5.41, 5.74) is 3.15. The standard InChI is InChI=1S/C19H17N3O3S/c1-2-3-15(23)16-17(11-6-7-26-9-11)22(19(25)18(16)24)12-4-5-13-14(8-12)21-10-20-13/h4-10,17,24H,2-3H2,1H3,(H,20,21). The van der Waals surface area contributed by atoms with Gasteiger partial charge < -0.3 is 10.1 Å². The van der Waals surface area contributed by atoms with Crippen LogP contribution in [0.2, 0.25) is 0 Å². The summed E-state index contributed by atoms with van der Waals surface area (Å²) in [6.07, 6.45) is 2.53. The maximum absolute atomic E-state index is 12.8. The number of nitrogens with zero attached hydrogens (tertiary/aromatic N) is 2. The van der Waals surface area contributed by atoms with E-state index in [4.69, 9.17) is 0 Å². The lowest BCUT2D eigenvalue weighted by molar-refractivity contribution is -0.118. The van der Waals surface area contributed by atoms with Crippen LogP contribution in [0.3, 0.4) is 0 Å². The largest absolute Gasteiger partial charge is 0.503 e. The number of nitrogens with one attached hydrogen (secondary N) is 1. The molecule has 0 spiro atoms. The second kappa shape index (κ2) is 6.42. The number of rotatable bonds is 5. The number of benzene rings is 1. The molecule has 0 saturated heterocycles. The van der Waals surface area contributed by atoms with E-state index in [2.05, 4.69) is 9.97 Å². The third-order valence-electron chi connectivity index (χ3n) is 4.53. The summed E-state index contributed by atoms with van der Waals surface area (Å²) in [6, 6.07) is 6.66. The van der Waals surface area contributed by atoms with Gasteiger partial charge >= 0.3 is 0 Å². The van der Waals surface area contributed by atoms with Crippen LogP contribution in [0.25, 0.3) is 11.0 Å². The molecule has 132 valence electrons. The van der Waals surface area contributed by atoms with Crippen molar-refractivity contribution in [2.75, 3.05) is 4.90 Å². The van der Waals surface area contributed by atoms with Crippen LogP contribution in [0.5, 0.6) is 0 Å². The van der Waals surface area contributed by atoms with E-state index in [1.165, 1.54) is 16.2 Å². The lowest BCUT2D eigenvalue weighted by atomic mass is 9.96. The van der Waals surface area contributed by atoms with Crippen LogP contribution in [0.4, 0.5) is 5.69 Å². The van der Waals surface area contributed by atoms with E-state index in [0.29, 0.717) is 24.0 Å². The Morgan fingerprint density at radius 3 is 2.96 bits per heavy atom. The third-order valence-corrected chi connectivity index (χ3v) is 5.23. The van der Waals surface area contributed by atoms with Crippen LogP contribution in [-0.4, -0.2) is 26.8 Å². The molecule has 0 radical (unpaired) electrons. The van der Waals surface area contributed by atoms with Crippen molar-refractivity contribution in [2.45, 2.75) is 25.8 Å². The first kappa shape index (κ1) is 16.5. The van der Waals surface area contributed by atoms with Crippen LogP contribution in [-0.2, 0) is 9.59 Å². The number of H-pyrrole nitrogens is 1. The van der Waals surface area contributed by atoms with Crippen molar-refractivity contribution in [3.05, 3.63) is 58.2 Å². The number of anilines is 1. The van der Waals surface area contributed by atoms with E-state index < -0.39 is 17.7 Å². The fraction of sp³-hybridized carbons (Fsp3) is 0.211. The van der Waals surface area contributed by atoms with Crippen molar-refractivity contribution in [3.8, 4) is 0 Å². The lowest BCUT2D eigenvalue weighted by Crippen LogP contribution is -2.30. The number of ketones is 1. The number of Topliss-reactive ketones (excluding diaryl/α,β-unsaturated/α-hetero) is 1. The molecule has 0 saturated carbocycles. The zero-order valence-electron chi connectivity index (χ0n) is 14.1. The average Bonchev–Trinajstić information content (AvgIpc) is 3.35. The van der Waals surface area contributed by atoms with Crippen LogP contribution in [0.15, 0.2) is 52.7 Å². The molecule has 1 aliphatic rings. The predicted molar refractivity (Wildman–Crippen MR) is 100 cm³/mol. The molecule has 6 nitrogen and oxygen atoms in total. The Bertz CT molecular complexity index is 1020. The van der Waals surface area contributed by atoms with Gasteiger partial charge in [-0.1, -0.05) is 6.92 Å². The molecule has 1 aromatic carbocycles. The SMILES string of the molecule is CCCC(=O)C1=C(O)C(=O)N(c2ccc3[nH]cnc3c2)C1c1ccsc1. The summed E-state index contributed by atoms with van der Waals surface area (Å²) < 4.78 is 0. The molecule has 3 aromatic rings. The number of aromatic amines is 1. The molecule has 0 bridgehead atoms. The number of hydrogen-bond acceptors (Lipinski definition) is 5. The Morgan fingerprint density at radius 1 is 1.38 bits per heavy atom. The highest BCUT2D eigenvalue weighted by molar-refractivity contribution is 7.08. The Labute approximate surface area is 153 Å². The van der Waals surface area contributed by atoms with E-state index in [1.807, 2.05) is 29.8 Å². The van der Waals surface area contributed by atoms with Gasteiger partial charge in [-0.3, -0.25) is 14.5 Å². The average molecular weight is 367 g/mol. The topological polar surface area (TPSA) is 86.3 Å². The fourth-order valence-corrected chi connectivity index (χ4v) is 4.01. The minimum absolute atomic E-state index is 0.178. The molecule has 1 aliphatic heterocycles. The first-order valence-electron chi connectivity index (χ1n) is 8.37. The number of fused-ring (bicyclic) bond motifs is 1. The molecule has 1 amide bonds. The number of aromatic nitrogens is 2. The van der Waals surface area contributed by atoms with E-state index in [1.54, 1.807) is 18.5 Å². The number of aliphatic hydroxyl groups is 1. The minimum Gasteiger partial charge on any atom is -0.503 e. The minimum atomic E-state index is -0.621. The quantitative estimate of drug-likeness (QED) is 0.716. The van der Waals surface area contributed by atoms with E-state index in [-0.39, 0.29) is 11.4 Å². The summed E-state index contributed by atoms with van der Waals surface area (Å²) >= 11 is 1.49. The predicted octanol–water partition coefficient (Wildman–Crippen LogP) is 3.89. The van der Waals surface area contributed by atoms with Gasteiger partial charge in [0.05, 0.1) is 29.0 Å². The van der Waals surface area contributed by atoms with Gasteiger partial charge in [0.15, 0.2) is 11.5 Å². The fourth-order valence-electron chi connectivity index (χ4n) is 3.33. The van der Waals surface area contributed by atoms with E-state index >= 15 is 0 Å². The van der Waals surface area contributed by atoms with Gasteiger partial charge in [-0.05, 0) is 47.0 Å². The van der Waals surface area contributed by atoms with Crippen molar-refractivity contribution >= 4 is 39.7 Å². The number of imidazole rings is 1. The highest BCUT2D eigenvalue weighted by Crippen LogP contribution is 2.42. The Balaban J connectivity index is 1.85. The summed E-state index contributed by atoms with van der Waals surface area (Å²) in [6.45, 7) is 1.90. The van der Waals surface area contributed by atoms with Gasteiger partial charge in [-0.15, -0.1) is 0 Å². The van der Waals surface area contributed by atoms with Crippen LogP contribution < -0.4 is 4.90 Å². The molecular formula is C19H17N3O3S. The maximum Gasteiger partial charge on any atom is 0.294 e. The number of aliphatic hydroxyl groups excluding tert-OH is 1. The number of carbonyl (C=O) groups excluding carboxylic acids is 2. The summed E-state index contributed by atoms with van der Waals surface area (Å²) in [4.78, 5) is 34.2. The number of thiophene rings is 1. The number of carbonyl (C=O) groups is 2. The molecule has 0 aliphatic carbocycles. The summed E-state index contributed by atoms with van der Waals surface area (Å²) in [7, 11) is 0. The van der Waals surface area contributed by atoms with Crippen molar-refractivity contribution in [3.63, 3.8) is 0 Å². The second-order valence-corrected chi connectivity index (χ2v) is 6.95. The van der Waals surface area contributed by atoms with Gasteiger partial charge in [-0.2, -0.15) is 11.3 Å². The Morgan fingerprint density at radius 2 is 2.23 bits per heavy atom. The normalized spacial score (nSPS) is 17.5. The molecule has 7 heteroatoms.